The summed E-state index contributed by atoms with van der Waals surface area (Å²) in [4.78, 5) is 38.0. The van der Waals surface area contributed by atoms with Crippen molar-refractivity contribution >= 4 is 23.5 Å². The summed E-state index contributed by atoms with van der Waals surface area (Å²) >= 11 is 0. The lowest BCUT2D eigenvalue weighted by Crippen LogP contribution is -2.38. The molecule has 0 saturated heterocycles. The fourth-order valence-electron chi connectivity index (χ4n) is 3.11. The summed E-state index contributed by atoms with van der Waals surface area (Å²) in [6, 6.07) is 7.14. The second kappa shape index (κ2) is 9.75. The number of rotatable bonds is 6. The van der Waals surface area contributed by atoms with Gasteiger partial charge in [-0.1, -0.05) is 31.4 Å². The van der Waals surface area contributed by atoms with Gasteiger partial charge in [0.25, 0.3) is 5.91 Å². The molecule has 2 amide bonds. The van der Waals surface area contributed by atoms with Crippen LogP contribution in [0.15, 0.2) is 36.4 Å². The SMILES string of the molecule is CCOC(=O)C=CC(=O)Nc1ccccc1C(=O)N(C)C1CCCCC1. The maximum absolute atomic E-state index is 12.9. The average molecular weight is 358 g/mol. The number of anilines is 1. The normalized spacial score (nSPS) is 14.8. The van der Waals surface area contributed by atoms with Gasteiger partial charge in [-0.2, -0.15) is 0 Å². The first-order chi connectivity index (χ1) is 12.5. The summed E-state index contributed by atoms with van der Waals surface area (Å²) in [6.45, 7) is 1.94. The van der Waals surface area contributed by atoms with Crippen molar-refractivity contribution in [1.29, 1.82) is 0 Å². The van der Waals surface area contributed by atoms with Crippen LogP contribution in [0.25, 0.3) is 0 Å². The summed E-state index contributed by atoms with van der Waals surface area (Å²) in [6.07, 6.45) is 7.69. The molecular weight excluding hydrogens is 332 g/mol. The molecule has 2 rings (SSSR count). The van der Waals surface area contributed by atoms with Gasteiger partial charge in [0, 0.05) is 25.2 Å². The summed E-state index contributed by atoms with van der Waals surface area (Å²) in [5.41, 5.74) is 0.872. The van der Waals surface area contributed by atoms with Crippen molar-refractivity contribution in [2.24, 2.45) is 0 Å². The molecule has 6 heteroatoms. The molecule has 0 aromatic heterocycles. The molecule has 1 aromatic rings. The summed E-state index contributed by atoms with van der Waals surface area (Å²) in [5.74, 6) is -1.18. The van der Waals surface area contributed by atoms with Crippen LogP contribution in [-0.2, 0) is 14.3 Å². The maximum atomic E-state index is 12.9. The lowest BCUT2D eigenvalue weighted by molar-refractivity contribution is -0.137. The Labute approximate surface area is 154 Å². The number of esters is 1. The van der Waals surface area contributed by atoms with Crippen LogP contribution < -0.4 is 5.32 Å². The monoisotopic (exact) mass is 358 g/mol. The molecule has 1 saturated carbocycles. The number of hydrogen-bond donors (Lipinski definition) is 1. The molecule has 0 aliphatic heterocycles. The highest BCUT2D eigenvalue weighted by Crippen LogP contribution is 2.25. The van der Waals surface area contributed by atoms with E-state index in [0.29, 0.717) is 11.3 Å². The first-order valence-corrected chi connectivity index (χ1v) is 9.05. The lowest BCUT2D eigenvalue weighted by Gasteiger charge is -2.31. The van der Waals surface area contributed by atoms with Gasteiger partial charge in [-0.25, -0.2) is 4.79 Å². The van der Waals surface area contributed by atoms with Crippen molar-refractivity contribution < 1.29 is 19.1 Å². The van der Waals surface area contributed by atoms with Crippen LogP contribution in [0, 0.1) is 0 Å². The number of ether oxygens (including phenoxy) is 1. The molecular formula is C20H26N2O4. The fraction of sp³-hybridized carbons (Fsp3) is 0.450. The average Bonchev–Trinajstić information content (AvgIpc) is 2.66. The van der Waals surface area contributed by atoms with Gasteiger partial charge in [0.05, 0.1) is 17.9 Å². The Balaban J connectivity index is 2.07. The zero-order valence-electron chi connectivity index (χ0n) is 15.4. The highest BCUT2D eigenvalue weighted by molar-refractivity contribution is 6.07. The smallest absolute Gasteiger partial charge is 0.330 e. The summed E-state index contributed by atoms with van der Waals surface area (Å²) in [7, 11) is 1.82. The van der Waals surface area contributed by atoms with Gasteiger partial charge in [-0.15, -0.1) is 0 Å². The Kier molecular flexibility index (Phi) is 7.38. The van der Waals surface area contributed by atoms with Crippen LogP contribution in [0.5, 0.6) is 0 Å². The second-order valence-corrected chi connectivity index (χ2v) is 6.33. The molecule has 1 aliphatic carbocycles. The lowest BCUT2D eigenvalue weighted by atomic mass is 9.94. The zero-order valence-corrected chi connectivity index (χ0v) is 15.4. The number of nitrogens with zero attached hydrogens (tertiary/aromatic N) is 1. The van der Waals surface area contributed by atoms with Crippen LogP contribution >= 0.6 is 0 Å². The van der Waals surface area contributed by atoms with Crippen molar-refractivity contribution in [3.05, 3.63) is 42.0 Å². The topological polar surface area (TPSA) is 75.7 Å². The molecule has 1 aromatic carbocycles. The Morgan fingerprint density at radius 3 is 2.54 bits per heavy atom. The number of amides is 2. The van der Waals surface area contributed by atoms with E-state index in [1.54, 1.807) is 36.1 Å². The minimum atomic E-state index is -0.580. The Hall–Kier alpha value is -2.63. The Morgan fingerprint density at radius 2 is 1.85 bits per heavy atom. The van der Waals surface area contributed by atoms with Crippen molar-refractivity contribution in [2.45, 2.75) is 45.1 Å². The number of carbonyl (C=O) groups is 3. The van der Waals surface area contributed by atoms with Crippen LogP contribution in [0.3, 0.4) is 0 Å². The van der Waals surface area contributed by atoms with Gasteiger partial charge in [-0.3, -0.25) is 9.59 Å². The number of nitrogens with one attached hydrogen (secondary N) is 1. The minimum absolute atomic E-state index is 0.109. The minimum Gasteiger partial charge on any atom is -0.463 e. The van der Waals surface area contributed by atoms with E-state index in [1.807, 2.05) is 7.05 Å². The van der Waals surface area contributed by atoms with Gasteiger partial charge in [0.15, 0.2) is 0 Å². The highest BCUT2D eigenvalue weighted by atomic mass is 16.5. The predicted molar refractivity (Wildman–Crippen MR) is 99.8 cm³/mol. The molecule has 6 nitrogen and oxygen atoms in total. The third kappa shape index (κ3) is 5.44. The quantitative estimate of drug-likeness (QED) is 0.626. The number of carbonyl (C=O) groups excluding carboxylic acids is 3. The number of hydrogen-bond acceptors (Lipinski definition) is 4. The number of para-hydroxylation sites is 1. The molecule has 0 bridgehead atoms. The second-order valence-electron chi connectivity index (χ2n) is 6.33. The zero-order chi connectivity index (χ0) is 18.9. The molecule has 1 N–H and O–H groups in total. The van der Waals surface area contributed by atoms with Crippen molar-refractivity contribution in [3.63, 3.8) is 0 Å². The van der Waals surface area contributed by atoms with E-state index in [1.165, 1.54) is 6.42 Å². The summed E-state index contributed by atoms with van der Waals surface area (Å²) < 4.78 is 4.74. The maximum Gasteiger partial charge on any atom is 0.330 e. The van der Waals surface area contributed by atoms with Gasteiger partial charge in [0.2, 0.25) is 5.91 Å². The van der Waals surface area contributed by atoms with Crippen LogP contribution in [0.1, 0.15) is 49.4 Å². The Morgan fingerprint density at radius 1 is 1.15 bits per heavy atom. The Bertz CT molecular complexity index is 678. The van der Waals surface area contributed by atoms with E-state index in [4.69, 9.17) is 4.74 Å². The van der Waals surface area contributed by atoms with Gasteiger partial charge >= 0.3 is 5.97 Å². The van der Waals surface area contributed by atoms with E-state index >= 15 is 0 Å². The standard InChI is InChI=1S/C20H26N2O4/c1-3-26-19(24)14-13-18(23)21-17-12-8-7-11-16(17)20(25)22(2)15-9-5-4-6-10-15/h7-8,11-15H,3-6,9-10H2,1-2H3,(H,21,23). The molecule has 26 heavy (non-hydrogen) atoms. The fourth-order valence-corrected chi connectivity index (χ4v) is 3.11. The predicted octanol–water partition coefficient (Wildman–Crippen LogP) is 3.15. The molecule has 0 atom stereocenters. The van der Waals surface area contributed by atoms with Crippen molar-refractivity contribution in [3.8, 4) is 0 Å². The van der Waals surface area contributed by atoms with Gasteiger partial charge in [-0.05, 0) is 31.9 Å². The largest absolute Gasteiger partial charge is 0.463 e. The molecule has 1 fully saturated rings. The van der Waals surface area contributed by atoms with Crippen molar-refractivity contribution in [2.75, 3.05) is 19.0 Å². The van der Waals surface area contributed by atoms with Crippen LogP contribution in [0.4, 0.5) is 5.69 Å². The molecule has 140 valence electrons. The van der Waals surface area contributed by atoms with Crippen molar-refractivity contribution in [1.82, 2.24) is 4.90 Å². The third-order valence-electron chi connectivity index (χ3n) is 4.52. The first kappa shape index (κ1) is 19.7. The summed E-state index contributed by atoms with van der Waals surface area (Å²) in [5, 5.41) is 2.67. The molecule has 1 aliphatic rings. The van der Waals surface area contributed by atoms with Crippen LogP contribution in [0.2, 0.25) is 0 Å². The molecule has 0 radical (unpaired) electrons. The van der Waals surface area contributed by atoms with E-state index in [9.17, 15) is 14.4 Å². The molecule has 0 heterocycles. The van der Waals surface area contributed by atoms with E-state index in [2.05, 4.69) is 5.32 Å². The van der Waals surface area contributed by atoms with Crippen LogP contribution in [-0.4, -0.2) is 42.4 Å². The van der Waals surface area contributed by atoms with E-state index in [-0.39, 0.29) is 18.6 Å². The van der Waals surface area contributed by atoms with Gasteiger partial charge in [0.1, 0.15) is 0 Å². The number of benzene rings is 1. The van der Waals surface area contributed by atoms with E-state index in [0.717, 1.165) is 37.8 Å². The highest BCUT2D eigenvalue weighted by Gasteiger charge is 2.24. The van der Waals surface area contributed by atoms with E-state index < -0.39 is 11.9 Å². The van der Waals surface area contributed by atoms with Gasteiger partial charge < -0.3 is 15.0 Å². The molecule has 0 spiro atoms. The first-order valence-electron chi connectivity index (χ1n) is 9.05. The third-order valence-corrected chi connectivity index (χ3v) is 4.52. The molecule has 0 unspecified atom stereocenters.